The molecule has 29 heavy (non-hydrogen) atoms. The largest absolute Gasteiger partial charge is 0.348 e. The fraction of sp³-hybridized carbons (Fsp3) is 0.619. The lowest BCUT2D eigenvalue weighted by Gasteiger charge is -2.33. The molecule has 3 aromatic heterocycles. The molecule has 1 unspecified atom stereocenters. The maximum atomic E-state index is 12.6. The number of hydrogen-bond acceptors (Lipinski definition) is 5. The number of pyridine rings is 1. The number of hydrogen-bond donors (Lipinski definition) is 1. The first-order chi connectivity index (χ1) is 14.3. The van der Waals surface area contributed by atoms with E-state index in [2.05, 4.69) is 25.2 Å². The Morgan fingerprint density at radius 2 is 2.03 bits per heavy atom. The molecule has 8 nitrogen and oxygen atoms in total. The number of aromatic nitrogens is 6. The van der Waals surface area contributed by atoms with E-state index in [0.29, 0.717) is 11.3 Å². The lowest BCUT2D eigenvalue weighted by atomic mass is 9.86. The summed E-state index contributed by atoms with van der Waals surface area (Å²) in [6.45, 7) is 3.31. The van der Waals surface area contributed by atoms with Gasteiger partial charge in [0, 0.05) is 18.7 Å². The van der Waals surface area contributed by atoms with Crippen molar-refractivity contribution in [2.24, 2.45) is 5.92 Å². The zero-order valence-corrected chi connectivity index (χ0v) is 16.8. The van der Waals surface area contributed by atoms with Crippen LogP contribution in [0.5, 0.6) is 0 Å². The summed E-state index contributed by atoms with van der Waals surface area (Å²) in [5, 5.41) is 12.7. The van der Waals surface area contributed by atoms with Crippen molar-refractivity contribution in [1.82, 2.24) is 34.3 Å². The van der Waals surface area contributed by atoms with E-state index in [9.17, 15) is 4.79 Å². The molecule has 0 amide bonds. The van der Waals surface area contributed by atoms with E-state index in [1.807, 2.05) is 18.3 Å². The summed E-state index contributed by atoms with van der Waals surface area (Å²) >= 11 is 0. The monoisotopic (exact) mass is 395 g/mol. The van der Waals surface area contributed by atoms with Crippen LogP contribution in [-0.2, 0) is 0 Å². The minimum absolute atomic E-state index is 0.213. The van der Waals surface area contributed by atoms with E-state index in [-0.39, 0.29) is 11.6 Å². The van der Waals surface area contributed by atoms with E-state index in [4.69, 9.17) is 0 Å². The number of H-pyrrole nitrogens is 1. The second-order valence-corrected chi connectivity index (χ2v) is 8.61. The molecule has 0 radical (unpaired) electrons. The van der Waals surface area contributed by atoms with Crippen molar-refractivity contribution in [3.05, 3.63) is 41.0 Å². The SMILES string of the molecule is O=c1[nH]c(C2CCCN(CCC3CCCCC3)C2)nn1-c1cccn2cnnc12. The molecular formula is C21H29N7O. The summed E-state index contributed by atoms with van der Waals surface area (Å²) in [7, 11) is 0. The number of nitrogens with one attached hydrogen (secondary N) is 1. The highest BCUT2D eigenvalue weighted by Gasteiger charge is 2.26. The van der Waals surface area contributed by atoms with Crippen molar-refractivity contribution in [3.63, 3.8) is 0 Å². The van der Waals surface area contributed by atoms with Crippen molar-refractivity contribution < 1.29 is 0 Å². The summed E-state index contributed by atoms with van der Waals surface area (Å²) in [5.41, 5.74) is 1.07. The first-order valence-electron chi connectivity index (χ1n) is 11.0. The van der Waals surface area contributed by atoms with Crippen molar-refractivity contribution in [2.75, 3.05) is 19.6 Å². The average molecular weight is 396 g/mol. The zero-order chi connectivity index (χ0) is 19.6. The quantitative estimate of drug-likeness (QED) is 0.718. The van der Waals surface area contributed by atoms with Gasteiger partial charge in [-0.2, -0.15) is 4.68 Å². The second-order valence-electron chi connectivity index (χ2n) is 8.61. The van der Waals surface area contributed by atoms with E-state index in [1.54, 1.807) is 10.7 Å². The molecule has 1 aliphatic heterocycles. The lowest BCUT2D eigenvalue weighted by molar-refractivity contribution is 0.182. The summed E-state index contributed by atoms with van der Waals surface area (Å²) < 4.78 is 3.23. The molecule has 1 aliphatic carbocycles. The Hall–Kier alpha value is -2.48. The van der Waals surface area contributed by atoms with Crippen LogP contribution in [0, 0.1) is 5.92 Å². The van der Waals surface area contributed by atoms with Gasteiger partial charge >= 0.3 is 5.69 Å². The third kappa shape index (κ3) is 3.85. The van der Waals surface area contributed by atoms with Crippen LogP contribution in [0.2, 0.25) is 0 Å². The van der Waals surface area contributed by atoms with Gasteiger partial charge in [0.05, 0.1) is 0 Å². The Morgan fingerprint density at radius 3 is 2.93 bits per heavy atom. The molecule has 1 saturated carbocycles. The molecule has 4 heterocycles. The molecule has 1 N–H and O–H groups in total. The highest BCUT2D eigenvalue weighted by Crippen LogP contribution is 2.28. The summed E-state index contributed by atoms with van der Waals surface area (Å²) in [6, 6.07) is 3.73. The average Bonchev–Trinajstić information content (AvgIpc) is 3.40. The number of aromatic amines is 1. The van der Waals surface area contributed by atoms with E-state index in [0.717, 1.165) is 37.7 Å². The van der Waals surface area contributed by atoms with Gasteiger partial charge in [0.15, 0.2) is 5.65 Å². The molecule has 154 valence electrons. The number of piperidine rings is 1. The molecule has 3 aromatic rings. The summed E-state index contributed by atoms with van der Waals surface area (Å²) in [6.07, 6.45) is 14.1. The topological polar surface area (TPSA) is 84.1 Å². The highest BCUT2D eigenvalue weighted by atomic mass is 16.2. The van der Waals surface area contributed by atoms with Crippen molar-refractivity contribution in [1.29, 1.82) is 0 Å². The highest BCUT2D eigenvalue weighted by molar-refractivity contribution is 5.57. The molecule has 0 spiro atoms. The fourth-order valence-electron chi connectivity index (χ4n) is 5.01. The molecule has 5 rings (SSSR count). The summed E-state index contributed by atoms with van der Waals surface area (Å²) in [5.74, 6) is 1.98. The first-order valence-corrected chi connectivity index (χ1v) is 11.0. The Morgan fingerprint density at radius 1 is 1.14 bits per heavy atom. The van der Waals surface area contributed by atoms with Crippen LogP contribution in [-0.4, -0.2) is 53.9 Å². The van der Waals surface area contributed by atoms with Crippen LogP contribution < -0.4 is 5.69 Å². The Kier molecular flexibility index (Phi) is 5.18. The summed E-state index contributed by atoms with van der Waals surface area (Å²) in [4.78, 5) is 18.2. The Labute approximate surface area is 169 Å². The lowest BCUT2D eigenvalue weighted by Crippen LogP contribution is -2.36. The molecule has 1 saturated heterocycles. The number of nitrogens with zero attached hydrogens (tertiary/aromatic N) is 6. The molecule has 8 heteroatoms. The third-order valence-electron chi connectivity index (χ3n) is 6.64. The minimum Gasteiger partial charge on any atom is -0.303 e. The second kappa shape index (κ2) is 8.10. The van der Waals surface area contributed by atoms with Gasteiger partial charge in [-0.1, -0.05) is 32.1 Å². The predicted molar refractivity (Wildman–Crippen MR) is 110 cm³/mol. The molecule has 2 aliphatic rings. The maximum Gasteiger partial charge on any atom is 0.348 e. The number of rotatable bonds is 5. The molecular weight excluding hydrogens is 366 g/mol. The normalized spacial score (nSPS) is 21.7. The van der Waals surface area contributed by atoms with Crippen molar-refractivity contribution in [2.45, 2.75) is 57.3 Å². The first kappa shape index (κ1) is 18.5. The van der Waals surface area contributed by atoms with Gasteiger partial charge in [0.2, 0.25) is 0 Å². The minimum atomic E-state index is -0.213. The molecule has 2 fully saturated rings. The fourth-order valence-corrected chi connectivity index (χ4v) is 5.01. The van der Waals surface area contributed by atoms with Crippen molar-refractivity contribution in [3.8, 4) is 5.69 Å². The van der Waals surface area contributed by atoms with Crippen LogP contribution >= 0.6 is 0 Å². The van der Waals surface area contributed by atoms with E-state index >= 15 is 0 Å². The van der Waals surface area contributed by atoms with Gasteiger partial charge in [0.1, 0.15) is 17.8 Å². The van der Waals surface area contributed by atoms with Crippen LogP contribution in [0.25, 0.3) is 11.3 Å². The van der Waals surface area contributed by atoms with Gasteiger partial charge < -0.3 is 4.90 Å². The standard InChI is InChI=1S/C21H29N7O/c29-21-23-19(25-28(21)18-9-5-12-27-15-22-24-20(18)27)17-8-4-11-26(14-17)13-10-16-6-2-1-3-7-16/h5,9,12,15-17H,1-4,6-8,10-11,13-14H2,(H,23,25,29). The molecule has 0 bridgehead atoms. The van der Waals surface area contributed by atoms with Crippen LogP contribution in [0.4, 0.5) is 0 Å². The van der Waals surface area contributed by atoms with Gasteiger partial charge in [-0.05, 0) is 50.4 Å². The molecule has 0 aromatic carbocycles. The van der Waals surface area contributed by atoms with E-state index < -0.39 is 0 Å². The number of fused-ring (bicyclic) bond motifs is 1. The van der Waals surface area contributed by atoms with Gasteiger partial charge in [-0.15, -0.1) is 15.3 Å². The van der Waals surface area contributed by atoms with Gasteiger partial charge in [-0.25, -0.2) is 4.79 Å². The van der Waals surface area contributed by atoms with Crippen molar-refractivity contribution >= 4 is 5.65 Å². The molecule has 1 atom stereocenters. The maximum absolute atomic E-state index is 12.6. The van der Waals surface area contributed by atoms with Crippen LogP contribution in [0.3, 0.4) is 0 Å². The predicted octanol–water partition coefficient (Wildman–Crippen LogP) is 2.75. The smallest absolute Gasteiger partial charge is 0.303 e. The zero-order valence-electron chi connectivity index (χ0n) is 16.8. The number of likely N-dealkylation sites (tertiary alicyclic amines) is 1. The van der Waals surface area contributed by atoms with Crippen LogP contribution in [0.15, 0.2) is 29.5 Å². The van der Waals surface area contributed by atoms with Crippen LogP contribution in [0.1, 0.15) is 63.1 Å². The van der Waals surface area contributed by atoms with Gasteiger partial charge in [-0.3, -0.25) is 9.38 Å². The van der Waals surface area contributed by atoms with Gasteiger partial charge in [0.25, 0.3) is 0 Å². The van der Waals surface area contributed by atoms with E-state index in [1.165, 1.54) is 49.8 Å². The third-order valence-corrected chi connectivity index (χ3v) is 6.64. The Balaban J connectivity index is 1.30. The Bertz CT molecular complexity index is 1010.